The predicted molar refractivity (Wildman–Crippen MR) is 65.7 cm³/mol. The summed E-state index contributed by atoms with van der Waals surface area (Å²) in [7, 11) is 0. The summed E-state index contributed by atoms with van der Waals surface area (Å²) in [5.74, 6) is 0. The van der Waals surface area contributed by atoms with Gasteiger partial charge in [0.2, 0.25) is 0 Å². The van der Waals surface area contributed by atoms with Crippen LogP contribution in [0.3, 0.4) is 0 Å². The average molecular weight is 215 g/mol. The topological polar surface area (TPSA) is 43.8 Å². The zero-order valence-electron chi connectivity index (χ0n) is 9.99. The van der Waals surface area contributed by atoms with Crippen molar-refractivity contribution in [2.45, 2.75) is 27.3 Å². The molecule has 0 aliphatic heterocycles. The van der Waals surface area contributed by atoms with Crippen LogP contribution in [0.1, 0.15) is 22.5 Å². The van der Waals surface area contributed by atoms with Crippen LogP contribution in [0, 0.1) is 20.8 Å². The van der Waals surface area contributed by atoms with Crippen LogP contribution in [0.2, 0.25) is 0 Å². The van der Waals surface area contributed by atoms with Gasteiger partial charge < -0.3 is 5.73 Å². The van der Waals surface area contributed by atoms with Gasteiger partial charge in [-0.25, -0.2) is 4.68 Å². The van der Waals surface area contributed by atoms with Crippen molar-refractivity contribution in [3.05, 3.63) is 46.8 Å². The summed E-state index contributed by atoms with van der Waals surface area (Å²) in [6, 6.07) is 8.23. The lowest BCUT2D eigenvalue weighted by Gasteiger charge is -2.07. The lowest BCUT2D eigenvalue weighted by Crippen LogP contribution is -2.03. The Labute approximate surface area is 95.9 Å². The Bertz CT molecular complexity index is 512. The summed E-state index contributed by atoms with van der Waals surface area (Å²) < 4.78 is 1.98. The van der Waals surface area contributed by atoms with Crippen LogP contribution in [-0.4, -0.2) is 9.78 Å². The number of nitrogens with two attached hydrogens (primary N) is 1. The van der Waals surface area contributed by atoms with Gasteiger partial charge in [-0.3, -0.25) is 0 Å². The van der Waals surface area contributed by atoms with Crippen LogP contribution in [0.25, 0.3) is 5.69 Å². The minimum absolute atomic E-state index is 0.545. The summed E-state index contributed by atoms with van der Waals surface area (Å²) in [5, 5.41) is 4.55. The zero-order valence-corrected chi connectivity index (χ0v) is 9.99. The van der Waals surface area contributed by atoms with Gasteiger partial charge >= 0.3 is 0 Å². The first-order valence-corrected chi connectivity index (χ1v) is 5.46. The second kappa shape index (κ2) is 4.10. The van der Waals surface area contributed by atoms with Gasteiger partial charge in [-0.2, -0.15) is 5.10 Å². The Morgan fingerprint density at radius 1 is 1.19 bits per heavy atom. The SMILES string of the molecule is Cc1ccccc1-n1nc(C)c(CN)c1C. The fourth-order valence-corrected chi connectivity index (χ4v) is 2.01. The largest absolute Gasteiger partial charge is 0.326 e. The van der Waals surface area contributed by atoms with Crippen LogP contribution in [0.4, 0.5) is 0 Å². The fourth-order valence-electron chi connectivity index (χ4n) is 2.01. The molecule has 0 spiro atoms. The van der Waals surface area contributed by atoms with Crippen molar-refractivity contribution in [3.63, 3.8) is 0 Å². The van der Waals surface area contributed by atoms with Crippen LogP contribution < -0.4 is 5.73 Å². The maximum Gasteiger partial charge on any atom is 0.0678 e. The highest BCUT2D eigenvalue weighted by Crippen LogP contribution is 2.19. The van der Waals surface area contributed by atoms with E-state index in [4.69, 9.17) is 5.73 Å². The molecule has 0 unspecified atom stereocenters. The third-order valence-electron chi connectivity index (χ3n) is 2.99. The summed E-state index contributed by atoms with van der Waals surface area (Å²) >= 11 is 0. The molecule has 0 saturated heterocycles. The van der Waals surface area contributed by atoms with E-state index in [9.17, 15) is 0 Å². The lowest BCUT2D eigenvalue weighted by atomic mass is 10.2. The van der Waals surface area contributed by atoms with Gasteiger partial charge in [0.1, 0.15) is 0 Å². The summed E-state index contributed by atoms with van der Waals surface area (Å²) in [6.45, 7) is 6.70. The van der Waals surface area contributed by atoms with Gasteiger partial charge in [-0.1, -0.05) is 18.2 Å². The fraction of sp³-hybridized carbons (Fsp3) is 0.308. The molecule has 2 aromatic rings. The molecule has 0 amide bonds. The highest BCUT2D eigenvalue weighted by Gasteiger charge is 2.11. The molecule has 84 valence electrons. The average Bonchev–Trinajstić information content (AvgIpc) is 2.55. The van der Waals surface area contributed by atoms with Crippen molar-refractivity contribution in [1.82, 2.24) is 9.78 Å². The number of aromatic nitrogens is 2. The van der Waals surface area contributed by atoms with Crippen molar-refractivity contribution in [1.29, 1.82) is 0 Å². The van der Waals surface area contributed by atoms with Crippen LogP contribution in [0.15, 0.2) is 24.3 Å². The Kier molecular flexibility index (Phi) is 2.79. The summed E-state index contributed by atoms with van der Waals surface area (Å²) in [6.07, 6.45) is 0. The molecule has 1 aromatic carbocycles. The molecule has 0 aliphatic carbocycles. The molecule has 0 fully saturated rings. The Morgan fingerprint density at radius 3 is 2.44 bits per heavy atom. The minimum Gasteiger partial charge on any atom is -0.326 e. The van der Waals surface area contributed by atoms with E-state index in [2.05, 4.69) is 31.1 Å². The molecule has 0 radical (unpaired) electrons. The number of aryl methyl sites for hydroxylation is 2. The molecule has 3 nitrogen and oxygen atoms in total. The molecule has 1 aromatic heterocycles. The van der Waals surface area contributed by atoms with Gasteiger partial charge in [0.15, 0.2) is 0 Å². The number of rotatable bonds is 2. The molecule has 0 saturated carbocycles. The van der Waals surface area contributed by atoms with E-state index < -0.39 is 0 Å². The summed E-state index contributed by atoms with van der Waals surface area (Å²) in [4.78, 5) is 0. The van der Waals surface area contributed by atoms with Crippen LogP contribution >= 0.6 is 0 Å². The number of hydrogen-bond acceptors (Lipinski definition) is 2. The summed E-state index contributed by atoms with van der Waals surface area (Å²) in [5.41, 5.74) is 11.4. The Hall–Kier alpha value is -1.61. The van der Waals surface area contributed by atoms with Crippen molar-refractivity contribution in [2.75, 3.05) is 0 Å². The molecule has 16 heavy (non-hydrogen) atoms. The molecule has 3 heteroatoms. The zero-order chi connectivity index (χ0) is 11.7. The Balaban J connectivity index is 2.62. The molecular weight excluding hydrogens is 198 g/mol. The highest BCUT2D eigenvalue weighted by atomic mass is 15.3. The first-order chi connectivity index (χ1) is 7.65. The van der Waals surface area contributed by atoms with Crippen molar-refractivity contribution in [2.24, 2.45) is 5.73 Å². The predicted octanol–water partition coefficient (Wildman–Crippen LogP) is 2.26. The van der Waals surface area contributed by atoms with Gasteiger partial charge in [0.25, 0.3) is 0 Å². The van der Waals surface area contributed by atoms with Crippen LogP contribution in [0.5, 0.6) is 0 Å². The van der Waals surface area contributed by atoms with Crippen molar-refractivity contribution >= 4 is 0 Å². The van der Waals surface area contributed by atoms with E-state index in [-0.39, 0.29) is 0 Å². The van der Waals surface area contributed by atoms with Crippen molar-refractivity contribution in [3.8, 4) is 5.69 Å². The molecule has 0 aliphatic rings. The minimum atomic E-state index is 0.545. The van der Waals surface area contributed by atoms with E-state index >= 15 is 0 Å². The lowest BCUT2D eigenvalue weighted by molar-refractivity contribution is 0.826. The van der Waals surface area contributed by atoms with Crippen molar-refractivity contribution < 1.29 is 0 Å². The number of benzene rings is 1. The third-order valence-corrected chi connectivity index (χ3v) is 2.99. The quantitative estimate of drug-likeness (QED) is 0.835. The highest BCUT2D eigenvalue weighted by molar-refractivity contribution is 5.42. The van der Waals surface area contributed by atoms with E-state index in [1.165, 1.54) is 5.56 Å². The van der Waals surface area contributed by atoms with Gasteiger partial charge in [-0.15, -0.1) is 0 Å². The molecule has 1 heterocycles. The van der Waals surface area contributed by atoms with Crippen LogP contribution in [-0.2, 0) is 6.54 Å². The monoisotopic (exact) mass is 215 g/mol. The number of hydrogen-bond donors (Lipinski definition) is 1. The first-order valence-electron chi connectivity index (χ1n) is 5.46. The van der Waals surface area contributed by atoms with Gasteiger partial charge in [0.05, 0.1) is 11.4 Å². The molecule has 0 bridgehead atoms. The maximum atomic E-state index is 5.73. The molecule has 0 atom stereocenters. The number of para-hydroxylation sites is 1. The standard InChI is InChI=1S/C13H17N3/c1-9-6-4-5-7-13(9)16-11(3)12(8-14)10(2)15-16/h4-7H,8,14H2,1-3H3. The van der Waals surface area contributed by atoms with E-state index in [1.54, 1.807) is 0 Å². The Morgan fingerprint density at radius 2 is 1.88 bits per heavy atom. The second-order valence-corrected chi connectivity index (χ2v) is 4.05. The third kappa shape index (κ3) is 1.63. The second-order valence-electron chi connectivity index (χ2n) is 4.05. The normalized spacial score (nSPS) is 10.8. The first kappa shape index (κ1) is 10.9. The molecular formula is C13H17N3. The number of nitrogens with zero attached hydrogens (tertiary/aromatic N) is 2. The van der Waals surface area contributed by atoms with E-state index in [0.717, 1.165) is 22.6 Å². The van der Waals surface area contributed by atoms with Gasteiger partial charge in [-0.05, 0) is 32.4 Å². The van der Waals surface area contributed by atoms with Gasteiger partial charge in [0, 0.05) is 17.8 Å². The molecule has 2 N–H and O–H groups in total. The van der Waals surface area contributed by atoms with E-state index in [1.807, 2.05) is 23.7 Å². The van der Waals surface area contributed by atoms with E-state index in [0.29, 0.717) is 6.54 Å². The molecule has 2 rings (SSSR count). The smallest absolute Gasteiger partial charge is 0.0678 e. The maximum absolute atomic E-state index is 5.73.